The van der Waals surface area contributed by atoms with Crippen LogP contribution in [0.25, 0.3) is 12.2 Å². The number of carboxylic acid groups (broad SMARTS) is 1. The molecule has 6 heteroatoms. The van der Waals surface area contributed by atoms with E-state index < -0.39 is 5.97 Å². The minimum atomic E-state index is -0.936. The Morgan fingerprint density at radius 1 is 1.15 bits per heavy atom. The van der Waals surface area contributed by atoms with Gasteiger partial charge in [0.05, 0.1) is 5.69 Å². The minimum absolute atomic E-state index is 0.293. The van der Waals surface area contributed by atoms with Crippen molar-refractivity contribution in [1.29, 1.82) is 0 Å². The molecular weight excluding hydrogens is 386 g/mol. The van der Waals surface area contributed by atoms with Crippen LogP contribution in [0.15, 0.2) is 59.5 Å². The molecule has 1 heterocycles. The van der Waals surface area contributed by atoms with E-state index in [0.717, 1.165) is 20.9 Å². The van der Waals surface area contributed by atoms with Crippen LogP contribution in [0.1, 0.15) is 25.7 Å². The Hall–Kier alpha value is -2.21. The normalized spacial score (nSPS) is 11.0. The Morgan fingerprint density at radius 3 is 2.58 bits per heavy atom. The van der Waals surface area contributed by atoms with Gasteiger partial charge in [-0.1, -0.05) is 48.0 Å². The first-order chi connectivity index (χ1) is 12.5. The predicted molar refractivity (Wildman–Crippen MR) is 112 cm³/mol. The number of carboxylic acids is 1. The Balaban J connectivity index is 1.78. The summed E-state index contributed by atoms with van der Waals surface area (Å²) in [4.78, 5) is 13.8. The third kappa shape index (κ3) is 4.69. The number of benzene rings is 2. The molecule has 26 heavy (non-hydrogen) atoms. The van der Waals surface area contributed by atoms with E-state index in [1.54, 1.807) is 0 Å². The van der Waals surface area contributed by atoms with E-state index in [9.17, 15) is 9.90 Å². The molecule has 3 rings (SSSR count). The summed E-state index contributed by atoms with van der Waals surface area (Å²) < 4.78 is 3.17. The van der Waals surface area contributed by atoms with E-state index in [2.05, 4.69) is 4.72 Å². The molecule has 0 aliphatic rings. The molecule has 3 nitrogen and oxygen atoms in total. The van der Waals surface area contributed by atoms with E-state index >= 15 is 0 Å². The SMILES string of the molecule is Cc1ccccc1SNc1cc(/C=C/c2ccc(Cl)cc2)sc1C(=O)O. The van der Waals surface area contributed by atoms with E-state index in [1.165, 1.54) is 23.3 Å². The molecule has 0 radical (unpaired) electrons. The highest BCUT2D eigenvalue weighted by molar-refractivity contribution is 8.00. The van der Waals surface area contributed by atoms with Gasteiger partial charge in [0.15, 0.2) is 0 Å². The van der Waals surface area contributed by atoms with E-state index in [-0.39, 0.29) is 0 Å². The minimum Gasteiger partial charge on any atom is -0.477 e. The molecule has 2 aromatic carbocycles. The van der Waals surface area contributed by atoms with Gasteiger partial charge in [0.25, 0.3) is 0 Å². The first-order valence-corrected chi connectivity index (χ1v) is 9.83. The summed E-state index contributed by atoms with van der Waals surface area (Å²) in [5, 5.41) is 10.2. The summed E-state index contributed by atoms with van der Waals surface area (Å²) in [6.07, 6.45) is 3.84. The molecule has 0 unspecified atom stereocenters. The third-order valence-corrected chi connectivity index (χ3v) is 5.96. The number of hydrogen-bond donors (Lipinski definition) is 2. The lowest BCUT2D eigenvalue weighted by Gasteiger charge is -2.06. The quantitative estimate of drug-likeness (QED) is 0.451. The Kier molecular flexibility index (Phi) is 6.04. The van der Waals surface area contributed by atoms with Crippen molar-refractivity contribution >= 4 is 58.7 Å². The van der Waals surface area contributed by atoms with E-state index in [1.807, 2.05) is 73.7 Å². The second-order valence-electron chi connectivity index (χ2n) is 5.55. The van der Waals surface area contributed by atoms with Crippen LogP contribution >= 0.6 is 34.9 Å². The van der Waals surface area contributed by atoms with Crippen molar-refractivity contribution < 1.29 is 9.90 Å². The predicted octanol–water partition coefficient (Wildman–Crippen LogP) is 6.70. The highest BCUT2D eigenvalue weighted by atomic mass is 35.5. The van der Waals surface area contributed by atoms with Crippen LogP contribution in [0.5, 0.6) is 0 Å². The number of nitrogens with one attached hydrogen (secondary N) is 1. The summed E-state index contributed by atoms with van der Waals surface area (Å²) in [6.45, 7) is 2.02. The molecule has 0 spiro atoms. The highest BCUT2D eigenvalue weighted by Gasteiger charge is 2.15. The van der Waals surface area contributed by atoms with Gasteiger partial charge in [0.2, 0.25) is 0 Å². The Morgan fingerprint density at radius 2 is 1.88 bits per heavy atom. The van der Waals surface area contributed by atoms with Crippen molar-refractivity contribution in [2.45, 2.75) is 11.8 Å². The van der Waals surface area contributed by atoms with E-state index in [4.69, 9.17) is 11.6 Å². The maximum absolute atomic E-state index is 11.5. The van der Waals surface area contributed by atoms with Crippen LogP contribution in [0.4, 0.5) is 5.69 Å². The number of hydrogen-bond acceptors (Lipinski definition) is 4. The molecule has 0 fully saturated rings. The molecule has 132 valence electrons. The van der Waals surface area contributed by atoms with Gasteiger partial charge in [0.1, 0.15) is 4.88 Å². The zero-order valence-corrected chi connectivity index (χ0v) is 16.3. The first-order valence-electron chi connectivity index (χ1n) is 7.82. The van der Waals surface area contributed by atoms with Crippen molar-refractivity contribution in [3.8, 4) is 0 Å². The van der Waals surface area contributed by atoms with Gasteiger partial charge in [-0.15, -0.1) is 11.3 Å². The standard InChI is InChI=1S/C20H16ClNO2S2/c1-13-4-2-3-5-18(13)26-22-17-12-16(25-19(17)20(23)24)11-8-14-6-9-15(21)10-7-14/h2-12,22H,1H3,(H,23,24)/b11-8+. The number of thiophene rings is 1. The fourth-order valence-corrected chi connectivity index (χ4v) is 4.06. The summed E-state index contributed by atoms with van der Waals surface area (Å²) in [7, 11) is 0. The Labute approximate surface area is 165 Å². The molecular formula is C20H16ClNO2S2. The second kappa shape index (κ2) is 8.45. The second-order valence-corrected chi connectivity index (χ2v) is 7.92. The van der Waals surface area contributed by atoms with Gasteiger partial charge in [0, 0.05) is 14.8 Å². The van der Waals surface area contributed by atoms with Crippen LogP contribution in [0.2, 0.25) is 5.02 Å². The van der Waals surface area contributed by atoms with Crippen molar-refractivity contribution in [2.24, 2.45) is 0 Å². The van der Waals surface area contributed by atoms with E-state index in [0.29, 0.717) is 15.6 Å². The lowest BCUT2D eigenvalue weighted by Crippen LogP contribution is -1.97. The zero-order valence-electron chi connectivity index (χ0n) is 13.9. The lowest BCUT2D eigenvalue weighted by molar-refractivity contribution is 0.0703. The van der Waals surface area contributed by atoms with Crippen LogP contribution < -0.4 is 4.72 Å². The molecule has 0 saturated heterocycles. The highest BCUT2D eigenvalue weighted by Crippen LogP contribution is 2.33. The first kappa shape index (κ1) is 18.6. The molecule has 0 amide bonds. The van der Waals surface area contributed by atoms with Crippen molar-refractivity contribution in [3.05, 3.63) is 80.5 Å². The van der Waals surface area contributed by atoms with Gasteiger partial charge >= 0.3 is 5.97 Å². The molecule has 0 bridgehead atoms. The Bertz CT molecular complexity index is 949. The summed E-state index contributed by atoms with van der Waals surface area (Å²) >= 11 is 8.54. The largest absolute Gasteiger partial charge is 0.477 e. The molecule has 0 aliphatic carbocycles. The van der Waals surface area contributed by atoms with Gasteiger partial charge in [-0.3, -0.25) is 0 Å². The number of aromatic carboxylic acids is 1. The van der Waals surface area contributed by atoms with Gasteiger partial charge in [-0.25, -0.2) is 4.79 Å². The van der Waals surface area contributed by atoms with Crippen LogP contribution in [-0.4, -0.2) is 11.1 Å². The summed E-state index contributed by atoms with van der Waals surface area (Å²) in [5.41, 5.74) is 2.75. The average molecular weight is 402 g/mol. The smallest absolute Gasteiger partial charge is 0.348 e. The lowest BCUT2D eigenvalue weighted by atomic mass is 10.2. The van der Waals surface area contributed by atoms with Gasteiger partial charge < -0.3 is 9.83 Å². The fraction of sp³-hybridized carbons (Fsp3) is 0.0500. The van der Waals surface area contributed by atoms with Crippen LogP contribution in [-0.2, 0) is 0 Å². The number of anilines is 1. The van der Waals surface area contributed by atoms with Crippen molar-refractivity contribution in [3.63, 3.8) is 0 Å². The summed E-state index contributed by atoms with van der Waals surface area (Å²) in [5.74, 6) is -0.936. The van der Waals surface area contributed by atoms with Crippen LogP contribution in [0, 0.1) is 6.92 Å². The number of carbonyl (C=O) groups is 1. The zero-order chi connectivity index (χ0) is 18.5. The van der Waals surface area contributed by atoms with Gasteiger partial charge in [-0.05, 0) is 60.3 Å². The maximum atomic E-state index is 11.5. The molecule has 3 aromatic rings. The van der Waals surface area contributed by atoms with Crippen molar-refractivity contribution in [1.82, 2.24) is 0 Å². The summed E-state index contributed by atoms with van der Waals surface area (Å²) in [6, 6.07) is 17.3. The molecule has 0 saturated carbocycles. The number of aryl methyl sites for hydroxylation is 1. The van der Waals surface area contributed by atoms with Crippen LogP contribution in [0.3, 0.4) is 0 Å². The average Bonchev–Trinajstić information content (AvgIpc) is 3.04. The topological polar surface area (TPSA) is 49.3 Å². The maximum Gasteiger partial charge on any atom is 0.348 e. The fourth-order valence-electron chi connectivity index (χ4n) is 2.26. The molecule has 2 N–H and O–H groups in total. The number of halogens is 1. The number of rotatable bonds is 6. The molecule has 0 atom stereocenters. The third-order valence-electron chi connectivity index (χ3n) is 3.62. The monoisotopic (exact) mass is 401 g/mol. The molecule has 1 aromatic heterocycles. The van der Waals surface area contributed by atoms with Gasteiger partial charge in [-0.2, -0.15) is 0 Å². The molecule has 0 aliphatic heterocycles. The van der Waals surface area contributed by atoms with Crippen molar-refractivity contribution in [2.75, 3.05) is 4.72 Å².